The van der Waals surface area contributed by atoms with Gasteiger partial charge in [0.15, 0.2) is 5.16 Å². The average Bonchev–Trinajstić information content (AvgIpc) is 2.72. The lowest BCUT2D eigenvalue weighted by Gasteiger charge is -2.13. The fraction of sp³-hybridized carbons (Fsp3) is 0.250. The van der Waals surface area contributed by atoms with Crippen molar-refractivity contribution in [3.63, 3.8) is 0 Å². The van der Waals surface area contributed by atoms with E-state index in [1.165, 1.54) is 35.6 Å². The number of rotatable bonds is 8. The molecule has 0 aliphatic heterocycles. The van der Waals surface area contributed by atoms with Crippen LogP contribution in [0.5, 0.6) is 5.75 Å². The summed E-state index contributed by atoms with van der Waals surface area (Å²) in [7, 11) is 1.31. The van der Waals surface area contributed by atoms with E-state index in [9.17, 15) is 14.0 Å². The SMILES string of the molecule is COC(=O)CCn1c(SCCOc2ccc(F)cc2)nc2ccccc2c1=O. The Morgan fingerprint density at radius 1 is 1.18 bits per heavy atom. The quantitative estimate of drug-likeness (QED) is 0.249. The van der Waals surface area contributed by atoms with Crippen molar-refractivity contribution in [1.29, 1.82) is 0 Å². The van der Waals surface area contributed by atoms with Crippen LogP contribution >= 0.6 is 11.8 Å². The molecule has 3 aromatic rings. The number of esters is 1. The molecule has 1 aromatic heterocycles. The number of ether oxygens (including phenoxy) is 2. The van der Waals surface area contributed by atoms with Gasteiger partial charge in [0.05, 0.1) is 31.0 Å². The Morgan fingerprint density at radius 3 is 2.68 bits per heavy atom. The van der Waals surface area contributed by atoms with Crippen molar-refractivity contribution in [3.8, 4) is 5.75 Å². The Hall–Kier alpha value is -2.87. The van der Waals surface area contributed by atoms with Crippen LogP contribution in [0.4, 0.5) is 4.39 Å². The third kappa shape index (κ3) is 4.89. The fourth-order valence-corrected chi connectivity index (χ4v) is 3.43. The standard InChI is InChI=1S/C20H19FN2O4S/c1-26-18(24)10-11-23-19(25)16-4-2-3-5-17(16)22-20(23)28-13-12-27-15-8-6-14(21)7-9-15/h2-9H,10-13H2,1H3. The molecular formula is C20H19FN2O4S. The number of carbonyl (C=O) groups excluding carboxylic acids is 1. The number of thioether (sulfide) groups is 1. The van der Waals surface area contributed by atoms with Crippen LogP contribution < -0.4 is 10.3 Å². The van der Waals surface area contributed by atoms with Gasteiger partial charge in [-0.2, -0.15) is 0 Å². The van der Waals surface area contributed by atoms with E-state index in [0.29, 0.717) is 34.2 Å². The zero-order valence-corrected chi connectivity index (χ0v) is 16.1. The number of benzene rings is 2. The Bertz CT molecular complexity index is 1020. The number of methoxy groups -OCH3 is 1. The van der Waals surface area contributed by atoms with E-state index in [0.717, 1.165) is 0 Å². The largest absolute Gasteiger partial charge is 0.493 e. The molecule has 0 spiro atoms. The summed E-state index contributed by atoms with van der Waals surface area (Å²) in [6.07, 6.45) is 0.0794. The van der Waals surface area contributed by atoms with Crippen LogP contribution in [0.2, 0.25) is 0 Å². The summed E-state index contributed by atoms with van der Waals surface area (Å²) >= 11 is 1.36. The lowest BCUT2D eigenvalue weighted by atomic mass is 10.2. The first-order valence-electron chi connectivity index (χ1n) is 8.66. The number of para-hydroxylation sites is 1. The first-order valence-corrected chi connectivity index (χ1v) is 9.64. The van der Waals surface area contributed by atoms with Crippen LogP contribution in [0.3, 0.4) is 0 Å². The molecule has 0 aliphatic carbocycles. The van der Waals surface area contributed by atoms with E-state index >= 15 is 0 Å². The van der Waals surface area contributed by atoms with Gasteiger partial charge in [0, 0.05) is 12.3 Å². The Balaban J connectivity index is 1.74. The highest BCUT2D eigenvalue weighted by Crippen LogP contribution is 2.19. The van der Waals surface area contributed by atoms with Crippen molar-refractivity contribution in [1.82, 2.24) is 9.55 Å². The zero-order chi connectivity index (χ0) is 19.9. The predicted octanol–water partition coefficient (Wildman–Crippen LogP) is 3.27. The molecule has 8 heteroatoms. The summed E-state index contributed by atoms with van der Waals surface area (Å²) in [4.78, 5) is 28.9. The first kappa shape index (κ1) is 19.9. The zero-order valence-electron chi connectivity index (χ0n) is 15.3. The Kier molecular flexibility index (Phi) is 6.65. The van der Waals surface area contributed by atoms with Gasteiger partial charge in [0.1, 0.15) is 11.6 Å². The maximum absolute atomic E-state index is 12.9. The highest BCUT2D eigenvalue weighted by Gasteiger charge is 2.13. The van der Waals surface area contributed by atoms with Crippen LogP contribution in [-0.2, 0) is 16.1 Å². The van der Waals surface area contributed by atoms with E-state index in [1.54, 1.807) is 30.3 Å². The molecule has 0 fully saturated rings. The lowest BCUT2D eigenvalue weighted by Crippen LogP contribution is -2.25. The number of nitrogens with zero attached hydrogens (tertiary/aromatic N) is 2. The van der Waals surface area contributed by atoms with Gasteiger partial charge >= 0.3 is 5.97 Å². The summed E-state index contributed by atoms with van der Waals surface area (Å²) in [6.45, 7) is 0.542. The lowest BCUT2D eigenvalue weighted by molar-refractivity contribution is -0.140. The van der Waals surface area contributed by atoms with E-state index in [2.05, 4.69) is 9.72 Å². The smallest absolute Gasteiger partial charge is 0.307 e. The maximum atomic E-state index is 12.9. The Morgan fingerprint density at radius 2 is 1.93 bits per heavy atom. The first-order chi connectivity index (χ1) is 13.6. The molecule has 0 N–H and O–H groups in total. The molecular weight excluding hydrogens is 383 g/mol. The van der Waals surface area contributed by atoms with Crippen molar-refractivity contribution in [2.75, 3.05) is 19.5 Å². The third-order valence-electron chi connectivity index (χ3n) is 3.99. The van der Waals surface area contributed by atoms with Crippen LogP contribution in [0.15, 0.2) is 58.5 Å². The summed E-state index contributed by atoms with van der Waals surface area (Å²) in [5.74, 6) is 0.379. The minimum absolute atomic E-state index is 0.0794. The van der Waals surface area contributed by atoms with Crippen LogP contribution in [-0.4, -0.2) is 35.0 Å². The van der Waals surface area contributed by atoms with Crippen molar-refractivity contribution in [2.45, 2.75) is 18.1 Å². The summed E-state index contributed by atoms with van der Waals surface area (Å²) < 4.78 is 24.7. The van der Waals surface area contributed by atoms with Crippen molar-refractivity contribution < 1.29 is 18.7 Å². The van der Waals surface area contributed by atoms with Gasteiger partial charge < -0.3 is 9.47 Å². The molecule has 0 amide bonds. The van der Waals surface area contributed by atoms with Crippen LogP contribution in [0.25, 0.3) is 10.9 Å². The van der Waals surface area contributed by atoms with Gasteiger partial charge in [0.25, 0.3) is 5.56 Å². The number of aromatic nitrogens is 2. The van der Waals surface area contributed by atoms with E-state index in [1.807, 2.05) is 6.07 Å². The summed E-state index contributed by atoms with van der Waals surface area (Å²) in [5, 5.41) is 1.01. The van der Waals surface area contributed by atoms with Crippen molar-refractivity contribution >= 4 is 28.6 Å². The fourth-order valence-electron chi connectivity index (χ4n) is 2.58. The van der Waals surface area contributed by atoms with Crippen molar-refractivity contribution in [2.24, 2.45) is 0 Å². The van der Waals surface area contributed by atoms with E-state index in [-0.39, 0.29) is 24.3 Å². The van der Waals surface area contributed by atoms with Gasteiger partial charge in [-0.25, -0.2) is 9.37 Å². The molecule has 28 heavy (non-hydrogen) atoms. The number of hydrogen-bond acceptors (Lipinski definition) is 6. The number of carbonyl (C=O) groups is 1. The van der Waals surface area contributed by atoms with Gasteiger partial charge in [0.2, 0.25) is 0 Å². The van der Waals surface area contributed by atoms with Crippen LogP contribution in [0, 0.1) is 5.82 Å². The molecule has 0 radical (unpaired) electrons. The minimum atomic E-state index is -0.393. The maximum Gasteiger partial charge on any atom is 0.307 e. The van der Waals surface area contributed by atoms with Gasteiger partial charge in [-0.05, 0) is 36.4 Å². The number of fused-ring (bicyclic) bond motifs is 1. The average molecular weight is 402 g/mol. The molecule has 0 unspecified atom stereocenters. The summed E-state index contributed by atoms with van der Waals surface area (Å²) in [6, 6.07) is 12.9. The van der Waals surface area contributed by atoms with Crippen molar-refractivity contribution in [3.05, 3.63) is 64.7 Å². The highest BCUT2D eigenvalue weighted by atomic mass is 32.2. The molecule has 2 aromatic carbocycles. The second kappa shape index (κ2) is 9.36. The minimum Gasteiger partial charge on any atom is -0.493 e. The number of hydrogen-bond donors (Lipinski definition) is 0. The molecule has 1 heterocycles. The molecule has 0 aliphatic rings. The topological polar surface area (TPSA) is 70.4 Å². The van der Waals surface area contributed by atoms with E-state index < -0.39 is 5.97 Å². The molecule has 0 saturated heterocycles. The van der Waals surface area contributed by atoms with E-state index in [4.69, 9.17) is 4.74 Å². The highest BCUT2D eigenvalue weighted by molar-refractivity contribution is 7.99. The third-order valence-corrected chi connectivity index (χ3v) is 4.93. The molecule has 0 atom stereocenters. The predicted molar refractivity (Wildman–Crippen MR) is 105 cm³/mol. The monoisotopic (exact) mass is 402 g/mol. The van der Waals surface area contributed by atoms with Crippen LogP contribution in [0.1, 0.15) is 6.42 Å². The molecule has 0 bridgehead atoms. The molecule has 3 rings (SSSR count). The molecule has 6 nitrogen and oxygen atoms in total. The summed E-state index contributed by atoms with van der Waals surface area (Å²) in [5.41, 5.74) is 0.403. The normalized spacial score (nSPS) is 10.8. The van der Waals surface area contributed by atoms with Gasteiger partial charge in [-0.3, -0.25) is 14.2 Å². The second-order valence-electron chi connectivity index (χ2n) is 5.85. The molecule has 0 saturated carbocycles. The van der Waals surface area contributed by atoms with Gasteiger partial charge in [-0.1, -0.05) is 23.9 Å². The number of halogens is 1. The Labute approximate surface area is 165 Å². The molecule has 146 valence electrons. The van der Waals surface area contributed by atoms with Gasteiger partial charge in [-0.15, -0.1) is 0 Å². The second-order valence-corrected chi connectivity index (χ2v) is 6.91.